The molecule has 2 N–H and O–H groups in total. The lowest BCUT2D eigenvalue weighted by Gasteiger charge is -2.07. The summed E-state index contributed by atoms with van der Waals surface area (Å²) >= 11 is 0. The minimum atomic E-state index is -0.296. The Balaban J connectivity index is 1.59. The van der Waals surface area contributed by atoms with Crippen molar-refractivity contribution in [1.29, 1.82) is 0 Å². The average Bonchev–Trinajstić information content (AvgIpc) is 3.02. The number of aromatic nitrogens is 3. The molecule has 0 aliphatic carbocycles. The summed E-state index contributed by atoms with van der Waals surface area (Å²) in [4.78, 5) is 16.3. The number of anilines is 1. The number of nitrogens with one attached hydrogen (secondary N) is 2. The van der Waals surface area contributed by atoms with Crippen LogP contribution in [0.5, 0.6) is 5.75 Å². The number of ether oxygens (including phenoxy) is 1. The Bertz CT molecular complexity index is 844. The van der Waals surface area contributed by atoms with Gasteiger partial charge in [0.15, 0.2) is 0 Å². The molecule has 128 valence electrons. The third-order valence-corrected chi connectivity index (χ3v) is 3.64. The van der Waals surface area contributed by atoms with Crippen molar-refractivity contribution in [2.24, 2.45) is 7.05 Å². The fourth-order valence-electron chi connectivity index (χ4n) is 2.39. The van der Waals surface area contributed by atoms with E-state index in [1.54, 1.807) is 42.3 Å². The molecule has 2 heterocycles. The van der Waals surface area contributed by atoms with Crippen LogP contribution in [0.4, 0.5) is 10.5 Å². The smallest absolute Gasteiger partial charge is 0.319 e. The summed E-state index contributed by atoms with van der Waals surface area (Å²) in [6.45, 7) is 0.322. The molecule has 7 heteroatoms. The van der Waals surface area contributed by atoms with Gasteiger partial charge in [-0.2, -0.15) is 5.10 Å². The van der Waals surface area contributed by atoms with E-state index in [0.717, 1.165) is 22.8 Å². The van der Waals surface area contributed by atoms with E-state index >= 15 is 0 Å². The molecule has 0 atom stereocenters. The molecule has 2 amide bonds. The maximum absolute atomic E-state index is 12.0. The minimum absolute atomic E-state index is 0.296. The van der Waals surface area contributed by atoms with Crippen molar-refractivity contribution in [3.05, 3.63) is 60.4 Å². The second-order valence-electron chi connectivity index (χ2n) is 5.40. The van der Waals surface area contributed by atoms with Gasteiger partial charge in [-0.05, 0) is 42.5 Å². The first-order chi connectivity index (χ1) is 12.2. The highest BCUT2D eigenvalue weighted by atomic mass is 16.5. The molecule has 0 saturated carbocycles. The standard InChI is InChI=1S/C18H19N5O2/c1-23-17(16-5-3-4-10-19-16)11-14(22-23)12-20-18(24)21-13-6-8-15(25-2)9-7-13/h3-11H,12H2,1-2H3,(H2,20,21,24). The molecule has 0 saturated heterocycles. The molecule has 0 unspecified atom stereocenters. The van der Waals surface area contributed by atoms with E-state index in [9.17, 15) is 4.79 Å². The molecule has 25 heavy (non-hydrogen) atoms. The van der Waals surface area contributed by atoms with Gasteiger partial charge in [-0.15, -0.1) is 0 Å². The fourth-order valence-corrected chi connectivity index (χ4v) is 2.39. The monoisotopic (exact) mass is 337 g/mol. The Kier molecular flexibility index (Phi) is 4.94. The first-order valence-electron chi connectivity index (χ1n) is 7.79. The van der Waals surface area contributed by atoms with Gasteiger partial charge in [-0.25, -0.2) is 4.79 Å². The van der Waals surface area contributed by atoms with Gasteiger partial charge in [0.05, 0.1) is 30.7 Å². The van der Waals surface area contributed by atoms with Crippen LogP contribution in [0.15, 0.2) is 54.7 Å². The molecule has 2 aromatic heterocycles. The molecular formula is C18H19N5O2. The number of hydrogen-bond acceptors (Lipinski definition) is 4. The van der Waals surface area contributed by atoms with E-state index in [4.69, 9.17) is 4.74 Å². The number of pyridine rings is 1. The Labute approximate surface area is 145 Å². The summed E-state index contributed by atoms with van der Waals surface area (Å²) in [5.74, 6) is 0.737. The quantitative estimate of drug-likeness (QED) is 0.750. The third kappa shape index (κ3) is 4.14. The molecule has 3 aromatic rings. The zero-order chi connectivity index (χ0) is 17.6. The number of amides is 2. The predicted octanol–water partition coefficient (Wildman–Crippen LogP) is 2.81. The summed E-state index contributed by atoms with van der Waals surface area (Å²) in [7, 11) is 3.45. The number of carbonyl (C=O) groups excluding carboxylic acids is 1. The Morgan fingerprint density at radius 3 is 2.68 bits per heavy atom. The minimum Gasteiger partial charge on any atom is -0.497 e. The van der Waals surface area contributed by atoms with Crippen molar-refractivity contribution < 1.29 is 9.53 Å². The lowest BCUT2D eigenvalue weighted by atomic mass is 10.2. The van der Waals surface area contributed by atoms with Gasteiger partial charge in [-0.1, -0.05) is 6.07 Å². The van der Waals surface area contributed by atoms with E-state index in [1.165, 1.54) is 0 Å². The van der Waals surface area contributed by atoms with Crippen molar-refractivity contribution in [3.8, 4) is 17.1 Å². The lowest BCUT2D eigenvalue weighted by Crippen LogP contribution is -2.28. The summed E-state index contributed by atoms with van der Waals surface area (Å²) in [6, 6.07) is 14.5. The highest BCUT2D eigenvalue weighted by Crippen LogP contribution is 2.17. The number of aryl methyl sites for hydroxylation is 1. The second kappa shape index (κ2) is 7.48. The van der Waals surface area contributed by atoms with E-state index in [-0.39, 0.29) is 6.03 Å². The maximum Gasteiger partial charge on any atom is 0.319 e. The van der Waals surface area contributed by atoms with Crippen LogP contribution < -0.4 is 15.4 Å². The van der Waals surface area contributed by atoms with Crippen molar-refractivity contribution in [2.45, 2.75) is 6.54 Å². The number of hydrogen-bond donors (Lipinski definition) is 2. The van der Waals surface area contributed by atoms with E-state index in [1.807, 2.05) is 31.3 Å². The topological polar surface area (TPSA) is 81.1 Å². The molecule has 0 spiro atoms. The van der Waals surface area contributed by atoms with Crippen LogP contribution in [0.2, 0.25) is 0 Å². The van der Waals surface area contributed by atoms with Crippen LogP contribution in [0, 0.1) is 0 Å². The molecule has 7 nitrogen and oxygen atoms in total. The number of methoxy groups -OCH3 is 1. The first-order valence-corrected chi connectivity index (χ1v) is 7.79. The molecule has 0 fully saturated rings. The van der Waals surface area contributed by atoms with E-state index in [0.29, 0.717) is 12.2 Å². The van der Waals surface area contributed by atoms with Gasteiger partial charge < -0.3 is 15.4 Å². The fraction of sp³-hybridized carbons (Fsp3) is 0.167. The van der Waals surface area contributed by atoms with Gasteiger partial charge in [0.25, 0.3) is 0 Å². The summed E-state index contributed by atoms with van der Waals surface area (Å²) in [5, 5.41) is 9.96. The van der Waals surface area contributed by atoms with Gasteiger partial charge in [-0.3, -0.25) is 9.67 Å². The number of benzene rings is 1. The molecule has 0 aliphatic heterocycles. The van der Waals surface area contributed by atoms with Crippen LogP contribution in [0.25, 0.3) is 11.4 Å². The maximum atomic E-state index is 12.0. The second-order valence-corrected chi connectivity index (χ2v) is 5.40. The van der Waals surface area contributed by atoms with Crippen LogP contribution in [-0.2, 0) is 13.6 Å². The largest absolute Gasteiger partial charge is 0.497 e. The SMILES string of the molecule is COc1ccc(NC(=O)NCc2cc(-c3ccccn3)n(C)n2)cc1. The van der Waals surface area contributed by atoms with Crippen LogP contribution >= 0.6 is 0 Å². The lowest BCUT2D eigenvalue weighted by molar-refractivity contribution is 0.251. The molecular weight excluding hydrogens is 318 g/mol. The highest BCUT2D eigenvalue weighted by molar-refractivity contribution is 5.89. The predicted molar refractivity (Wildman–Crippen MR) is 95.3 cm³/mol. The average molecular weight is 337 g/mol. The van der Waals surface area contributed by atoms with Crippen LogP contribution in [0.1, 0.15) is 5.69 Å². The normalized spacial score (nSPS) is 10.3. The summed E-state index contributed by atoms with van der Waals surface area (Å²) < 4.78 is 6.84. The van der Waals surface area contributed by atoms with Crippen LogP contribution in [0.3, 0.4) is 0 Å². The van der Waals surface area contributed by atoms with Crippen molar-refractivity contribution in [1.82, 2.24) is 20.1 Å². The molecule has 3 rings (SSSR count). The van der Waals surface area contributed by atoms with Crippen molar-refractivity contribution in [3.63, 3.8) is 0 Å². The summed E-state index contributed by atoms with van der Waals surface area (Å²) in [5.41, 5.74) is 3.18. The number of nitrogens with zero attached hydrogens (tertiary/aromatic N) is 3. The van der Waals surface area contributed by atoms with Gasteiger partial charge in [0.2, 0.25) is 0 Å². The Morgan fingerprint density at radius 2 is 2.00 bits per heavy atom. The van der Waals surface area contributed by atoms with E-state index in [2.05, 4.69) is 20.7 Å². The van der Waals surface area contributed by atoms with Crippen molar-refractivity contribution >= 4 is 11.7 Å². The third-order valence-electron chi connectivity index (χ3n) is 3.64. The van der Waals surface area contributed by atoms with E-state index < -0.39 is 0 Å². The van der Waals surface area contributed by atoms with Crippen molar-refractivity contribution in [2.75, 3.05) is 12.4 Å². The highest BCUT2D eigenvalue weighted by Gasteiger charge is 2.09. The van der Waals surface area contributed by atoms with Crippen LogP contribution in [-0.4, -0.2) is 27.9 Å². The molecule has 0 aliphatic rings. The molecule has 0 radical (unpaired) electrons. The summed E-state index contributed by atoms with van der Waals surface area (Å²) in [6.07, 6.45) is 1.74. The van der Waals surface area contributed by atoms with Gasteiger partial charge >= 0.3 is 6.03 Å². The Morgan fingerprint density at radius 1 is 1.20 bits per heavy atom. The first kappa shape index (κ1) is 16.5. The molecule has 0 bridgehead atoms. The molecule has 1 aromatic carbocycles. The number of rotatable bonds is 5. The zero-order valence-corrected chi connectivity index (χ0v) is 14.1. The zero-order valence-electron chi connectivity index (χ0n) is 14.1. The number of urea groups is 1. The Hall–Kier alpha value is -3.35. The van der Waals surface area contributed by atoms with Gasteiger partial charge in [0.1, 0.15) is 5.75 Å². The van der Waals surface area contributed by atoms with Gasteiger partial charge in [0, 0.05) is 18.9 Å². The number of carbonyl (C=O) groups is 1.